The summed E-state index contributed by atoms with van der Waals surface area (Å²) in [4.78, 5) is 25.0. The molecule has 1 aliphatic heterocycles. The molecule has 3 rings (SSSR count). The Bertz CT molecular complexity index is 497. The maximum Gasteiger partial charge on any atom is 0.352 e. The molecule has 1 aromatic rings. The van der Waals surface area contributed by atoms with Gasteiger partial charge < -0.3 is 14.6 Å². The Kier molecular flexibility index (Phi) is 3.05. The lowest BCUT2D eigenvalue weighted by Gasteiger charge is -2.33. The predicted octanol–water partition coefficient (Wildman–Crippen LogP) is 1.76. The first-order chi connectivity index (χ1) is 9.16. The number of aromatic carboxylic acids is 1. The summed E-state index contributed by atoms with van der Waals surface area (Å²) in [6.07, 6.45) is 5.59. The van der Waals surface area contributed by atoms with E-state index >= 15 is 0 Å². The van der Waals surface area contributed by atoms with Crippen LogP contribution in [0, 0.1) is 5.92 Å². The highest BCUT2D eigenvalue weighted by Crippen LogP contribution is 2.33. The third-order valence-corrected chi connectivity index (χ3v) is 4.09. The summed E-state index contributed by atoms with van der Waals surface area (Å²) >= 11 is 0. The van der Waals surface area contributed by atoms with Gasteiger partial charge in [0.05, 0.1) is 0 Å². The summed E-state index contributed by atoms with van der Waals surface area (Å²) in [5.41, 5.74) is 0.340. The second kappa shape index (κ2) is 4.72. The van der Waals surface area contributed by atoms with E-state index < -0.39 is 5.97 Å². The Morgan fingerprint density at radius 1 is 1.16 bits per heavy atom. The van der Waals surface area contributed by atoms with Gasteiger partial charge in [-0.1, -0.05) is 0 Å². The largest absolute Gasteiger partial charge is 0.477 e. The van der Waals surface area contributed by atoms with Gasteiger partial charge in [0.15, 0.2) is 0 Å². The zero-order valence-electron chi connectivity index (χ0n) is 10.8. The molecule has 0 aromatic carbocycles. The van der Waals surface area contributed by atoms with Crippen LogP contribution in [0.2, 0.25) is 0 Å². The maximum absolute atomic E-state index is 12.0. The molecule has 1 amide bonds. The van der Waals surface area contributed by atoms with Crippen molar-refractivity contribution in [3.63, 3.8) is 0 Å². The number of hydrogen-bond donors (Lipinski definition) is 1. The highest BCUT2D eigenvalue weighted by Gasteiger charge is 2.35. The molecule has 102 valence electrons. The quantitative estimate of drug-likeness (QED) is 0.902. The first-order valence-electron chi connectivity index (χ1n) is 6.85. The van der Waals surface area contributed by atoms with E-state index in [0.29, 0.717) is 11.6 Å². The number of carbonyl (C=O) groups excluding carboxylic acids is 1. The second-order valence-electron chi connectivity index (χ2n) is 5.44. The third-order valence-electron chi connectivity index (χ3n) is 4.09. The van der Waals surface area contributed by atoms with Crippen molar-refractivity contribution in [2.24, 2.45) is 5.92 Å². The minimum absolute atomic E-state index is 0.198. The smallest absolute Gasteiger partial charge is 0.352 e. The molecule has 0 bridgehead atoms. The monoisotopic (exact) mass is 262 g/mol. The normalized spacial score (nSPS) is 20.5. The minimum atomic E-state index is -0.888. The number of piperidine rings is 1. The van der Waals surface area contributed by atoms with Gasteiger partial charge in [-0.2, -0.15) is 0 Å². The lowest BCUT2D eigenvalue weighted by molar-refractivity contribution is -0.133. The fourth-order valence-electron chi connectivity index (χ4n) is 2.85. The zero-order valence-corrected chi connectivity index (χ0v) is 10.8. The van der Waals surface area contributed by atoms with Crippen LogP contribution in [0.1, 0.15) is 42.2 Å². The number of aromatic nitrogens is 1. The third kappa shape index (κ3) is 2.37. The Balaban J connectivity index is 1.64. The van der Waals surface area contributed by atoms with Crippen molar-refractivity contribution in [2.45, 2.75) is 31.7 Å². The molecule has 2 aliphatic rings. The molecule has 1 aromatic heterocycles. The van der Waals surface area contributed by atoms with E-state index in [4.69, 9.17) is 5.11 Å². The second-order valence-corrected chi connectivity index (χ2v) is 5.44. The molecule has 0 atom stereocenters. The highest BCUT2D eigenvalue weighted by atomic mass is 16.4. The van der Waals surface area contributed by atoms with E-state index in [2.05, 4.69) is 0 Å². The topological polar surface area (TPSA) is 62.5 Å². The molecule has 0 spiro atoms. The van der Waals surface area contributed by atoms with Crippen LogP contribution in [0.4, 0.5) is 0 Å². The number of hydrogen-bond acceptors (Lipinski definition) is 2. The van der Waals surface area contributed by atoms with Crippen LogP contribution in [0.3, 0.4) is 0 Å². The Morgan fingerprint density at radius 3 is 2.42 bits per heavy atom. The number of carbonyl (C=O) groups is 2. The van der Waals surface area contributed by atoms with Gasteiger partial charge in [0.1, 0.15) is 5.69 Å². The van der Waals surface area contributed by atoms with Gasteiger partial charge in [-0.05, 0) is 37.8 Å². The number of rotatable bonds is 3. The molecule has 1 N–H and O–H groups in total. The Hall–Kier alpha value is -1.78. The fourth-order valence-corrected chi connectivity index (χ4v) is 2.85. The van der Waals surface area contributed by atoms with E-state index in [9.17, 15) is 9.59 Å². The summed E-state index contributed by atoms with van der Waals surface area (Å²) in [5.74, 6) is -0.316. The fraction of sp³-hybridized carbons (Fsp3) is 0.571. The molecule has 0 radical (unpaired) electrons. The van der Waals surface area contributed by atoms with Crippen molar-refractivity contribution in [2.75, 3.05) is 13.1 Å². The SMILES string of the molecule is O=C(O)c1cccn1C1CCN(C(=O)C2CC2)CC1. The van der Waals surface area contributed by atoms with Crippen LogP contribution < -0.4 is 0 Å². The highest BCUT2D eigenvalue weighted by molar-refractivity contribution is 5.85. The standard InChI is InChI=1S/C14H18N2O3/c17-13(10-3-4-10)15-8-5-11(6-9-15)16-7-1-2-12(16)14(18)19/h1-2,7,10-11H,3-6,8-9H2,(H,18,19). The van der Waals surface area contributed by atoms with Crippen molar-refractivity contribution in [1.29, 1.82) is 0 Å². The number of carboxylic acids is 1. The molecule has 2 fully saturated rings. The summed E-state index contributed by atoms with van der Waals surface area (Å²) in [6, 6.07) is 3.60. The van der Waals surface area contributed by atoms with Gasteiger partial charge in [0, 0.05) is 31.2 Å². The lowest BCUT2D eigenvalue weighted by atomic mass is 10.0. The van der Waals surface area contributed by atoms with E-state index in [1.807, 2.05) is 15.7 Å². The van der Waals surface area contributed by atoms with E-state index in [1.165, 1.54) is 0 Å². The summed E-state index contributed by atoms with van der Waals surface area (Å²) < 4.78 is 1.83. The van der Waals surface area contributed by atoms with Crippen LogP contribution in [0.5, 0.6) is 0 Å². The predicted molar refractivity (Wildman–Crippen MR) is 69.0 cm³/mol. The van der Waals surface area contributed by atoms with Gasteiger partial charge in [-0.3, -0.25) is 4.79 Å². The number of nitrogens with zero attached hydrogens (tertiary/aromatic N) is 2. The molecule has 1 saturated carbocycles. The molecule has 1 aliphatic carbocycles. The molecule has 5 heteroatoms. The maximum atomic E-state index is 12.0. The van der Waals surface area contributed by atoms with Crippen molar-refractivity contribution >= 4 is 11.9 Å². The van der Waals surface area contributed by atoms with Crippen LogP contribution in [0.15, 0.2) is 18.3 Å². The van der Waals surface area contributed by atoms with Crippen molar-refractivity contribution < 1.29 is 14.7 Å². The lowest BCUT2D eigenvalue weighted by Crippen LogP contribution is -2.40. The Morgan fingerprint density at radius 2 is 1.84 bits per heavy atom. The zero-order chi connectivity index (χ0) is 13.4. The average Bonchev–Trinajstić information content (AvgIpc) is 3.14. The number of carboxylic acid groups (broad SMARTS) is 1. The van der Waals surface area contributed by atoms with Crippen LogP contribution in [-0.4, -0.2) is 39.5 Å². The van der Waals surface area contributed by atoms with Crippen molar-refractivity contribution in [3.05, 3.63) is 24.0 Å². The summed E-state index contributed by atoms with van der Waals surface area (Å²) in [5, 5.41) is 9.12. The first-order valence-corrected chi connectivity index (χ1v) is 6.85. The van der Waals surface area contributed by atoms with E-state index in [0.717, 1.165) is 38.8 Å². The van der Waals surface area contributed by atoms with Crippen molar-refractivity contribution in [1.82, 2.24) is 9.47 Å². The molecule has 0 unspecified atom stereocenters. The molecule has 1 saturated heterocycles. The first kappa shape index (κ1) is 12.3. The van der Waals surface area contributed by atoms with Crippen LogP contribution in [-0.2, 0) is 4.79 Å². The average molecular weight is 262 g/mol. The van der Waals surface area contributed by atoms with Crippen molar-refractivity contribution in [3.8, 4) is 0 Å². The molecule has 19 heavy (non-hydrogen) atoms. The minimum Gasteiger partial charge on any atom is -0.477 e. The summed E-state index contributed by atoms with van der Waals surface area (Å²) in [7, 11) is 0. The summed E-state index contributed by atoms with van der Waals surface area (Å²) in [6.45, 7) is 1.49. The molecular weight excluding hydrogens is 244 g/mol. The van der Waals surface area contributed by atoms with Gasteiger partial charge >= 0.3 is 5.97 Å². The van der Waals surface area contributed by atoms with E-state index in [1.54, 1.807) is 12.1 Å². The van der Waals surface area contributed by atoms with Gasteiger partial charge in [-0.15, -0.1) is 0 Å². The number of likely N-dealkylation sites (tertiary alicyclic amines) is 1. The van der Waals surface area contributed by atoms with Crippen LogP contribution >= 0.6 is 0 Å². The molecular formula is C14H18N2O3. The van der Waals surface area contributed by atoms with Gasteiger partial charge in [0.2, 0.25) is 5.91 Å². The number of amides is 1. The van der Waals surface area contributed by atoms with Crippen LogP contribution in [0.25, 0.3) is 0 Å². The van der Waals surface area contributed by atoms with E-state index in [-0.39, 0.29) is 12.0 Å². The molecule has 5 nitrogen and oxygen atoms in total. The molecule has 2 heterocycles. The Labute approximate surface area is 111 Å². The van der Waals surface area contributed by atoms with Gasteiger partial charge in [-0.25, -0.2) is 4.79 Å². The van der Waals surface area contributed by atoms with Gasteiger partial charge in [0.25, 0.3) is 0 Å².